The molecule has 7 nitrogen and oxygen atoms in total. The molecule has 2 rings (SSSR count). The molecule has 24 heavy (non-hydrogen) atoms. The van der Waals surface area contributed by atoms with Crippen LogP contribution in [0.3, 0.4) is 0 Å². The van der Waals surface area contributed by atoms with Gasteiger partial charge in [0.05, 0.1) is 11.5 Å². The largest absolute Gasteiger partial charge is 0.378 e. The van der Waals surface area contributed by atoms with Crippen LogP contribution in [0, 0.1) is 24.0 Å². The van der Waals surface area contributed by atoms with E-state index in [0.717, 1.165) is 16.8 Å². The van der Waals surface area contributed by atoms with E-state index in [1.165, 1.54) is 6.07 Å². The molecule has 0 saturated heterocycles. The van der Waals surface area contributed by atoms with Crippen LogP contribution in [0.4, 0.5) is 17.1 Å². The molecule has 0 radical (unpaired) electrons. The van der Waals surface area contributed by atoms with Crippen molar-refractivity contribution in [3.8, 4) is 0 Å². The minimum absolute atomic E-state index is 0.0443. The van der Waals surface area contributed by atoms with E-state index in [4.69, 9.17) is 5.73 Å². The number of nitro groups is 1. The van der Waals surface area contributed by atoms with E-state index in [0.29, 0.717) is 24.7 Å². The van der Waals surface area contributed by atoms with Crippen molar-refractivity contribution in [2.45, 2.75) is 13.8 Å². The SMILES string of the molecule is Cc1cc(C)cc(NC(N)=NCCNc2ccccc2[N+](=O)[O-])c1. The van der Waals surface area contributed by atoms with E-state index in [1.807, 2.05) is 26.0 Å². The van der Waals surface area contributed by atoms with Crippen LogP contribution in [-0.2, 0) is 0 Å². The van der Waals surface area contributed by atoms with Crippen molar-refractivity contribution >= 4 is 23.0 Å². The van der Waals surface area contributed by atoms with Gasteiger partial charge < -0.3 is 16.4 Å². The number of para-hydroxylation sites is 2. The standard InChI is InChI=1S/C17H21N5O2/c1-12-9-13(2)11-14(10-12)21-17(18)20-8-7-19-15-5-3-4-6-16(15)22(23)24/h3-6,9-11,19H,7-8H2,1-2H3,(H3,18,20,21). The lowest BCUT2D eigenvalue weighted by Crippen LogP contribution is -2.24. The molecule has 126 valence electrons. The lowest BCUT2D eigenvalue weighted by atomic mass is 10.1. The molecule has 0 heterocycles. The zero-order chi connectivity index (χ0) is 17.5. The fourth-order valence-electron chi connectivity index (χ4n) is 2.38. The Bertz CT molecular complexity index is 738. The highest BCUT2D eigenvalue weighted by molar-refractivity contribution is 5.92. The van der Waals surface area contributed by atoms with Gasteiger partial charge in [0, 0.05) is 18.3 Å². The average molecular weight is 327 g/mol. The summed E-state index contributed by atoms with van der Waals surface area (Å²) in [7, 11) is 0. The first-order valence-electron chi connectivity index (χ1n) is 7.58. The van der Waals surface area contributed by atoms with Gasteiger partial charge in [0.1, 0.15) is 5.69 Å². The number of nitrogens with two attached hydrogens (primary N) is 1. The van der Waals surface area contributed by atoms with Crippen LogP contribution in [0.2, 0.25) is 0 Å². The van der Waals surface area contributed by atoms with Crippen LogP contribution in [0.15, 0.2) is 47.5 Å². The lowest BCUT2D eigenvalue weighted by Gasteiger charge is -2.09. The van der Waals surface area contributed by atoms with Gasteiger partial charge in [-0.3, -0.25) is 15.1 Å². The molecule has 0 spiro atoms. The molecular weight excluding hydrogens is 306 g/mol. The van der Waals surface area contributed by atoms with Crippen LogP contribution < -0.4 is 16.4 Å². The first kappa shape index (κ1) is 17.3. The van der Waals surface area contributed by atoms with Crippen LogP contribution >= 0.6 is 0 Å². The van der Waals surface area contributed by atoms with Crippen molar-refractivity contribution in [1.82, 2.24) is 0 Å². The normalized spacial score (nSPS) is 11.2. The number of hydrogen-bond acceptors (Lipinski definition) is 4. The molecule has 0 aliphatic heterocycles. The van der Waals surface area contributed by atoms with E-state index in [2.05, 4.69) is 21.7 Å². The van der Waals surface area contributed by atoms with Gasteiger partial charge >= 0.3 is 0 Å². The van der Waals surface area contributed by atoms with Crippen molar-refractivity contribution in [1.29, 1.82) is 0 Å². The van der Waals surface area contributed by atoms with Gasteiger partial charge in [-0.25, -0.2) is 0 Å². The summed E-state index contributed by atoms with van der Waals surface area (Å²) in [5, 5.41) is 17.0. The molecular formula is C17H21N5O2. The maximum atomic E-state index is 10.9. The summed E-state index contributed by atoms with van der Waals surface area (Å²) in [4.78, 5) is 14.7. The summed E-state index contributed by atoms with van der Waals surface area (Å²) < 4.78 is 0. The van der Waals surface area contributed by atoms with Crippen molar-refractivity contribution < 1.29 is 4.92 Å². The average Bonchev–Trinajstić information content (AvgIpc) is 2.50. The summed E-state index contributed by atoms with van der Waals surface area (Å²) in [6, 6.07) is 12.6. The predicted molar refractivity (Wildman–Crippen MR) is 97.6 cm³/mol. The Morgan fingerprint density at radius 1 is 1.21 bits per heavy atom. The summed E-state index contributed by atoms with van der Waals surface area (Å²) in [5.41, 5.74) is 9.55. The molecule has 0 aromatic heterocycles. The Morgan fingerprint density at radius 2 is 1.88 bits per heavy atom. The highest BCUT2D eigenvalue weighted by Gasteiger charge is 2.10. The molecule has 0 saturated carbocycles. The summed E-state index contributed by atoms with van der Waals surface area (Å²) in [6.07, 6.45) is 0. The number of hydrogen-bond donors (Lipinski definition) is 3. The molecule has 4 N–H and O–H groups in total. The number of nitro benzene ring substituents is 1. The Kier molecular flexibility index (Phi) is 5.73. The monoisotopic (exact) mass is 327 g/mol. The van der Waals surface area contributed by atoms with E-state index in [1.54, 1.807) is 18.2 Å². The van der Waals surface area contributed by atoms with E-state index in [-0.39, 0.29) is 5.69 Å². The van der Waals surface area contributed by atoms with Gasteiger partial charge in [-0.1, -0.05) is 18.2 Å². The van der Waals surface area contributed by atoms with E-state index in [9.17, 15) is 10.1 Å². The highest BCUT2D eigenvalue weighted by atomic mass is 16.6. The van der Waals surface area contributed by atoms with E-state index < -0.39 is 4.92 Å². The van der Waals surface area contributed by atoms with Crippen molar-refractivity contribution in [3.63, 3.8) is 0 Å². The minimum Gasteiger partial charge on any atom is -0.378 e. The zero-order valence-electron chi connectivity index (χ0n) is 13.7. The fraction of sp³-hybridized carbons (Fsp3) is 0.235. The first-order valence-corrected chi connectivity index (χ1v) is 7.58. The smallest absolute Gasteiger partial charge is 0.292 e. The van der Waals surface area contributed by atoms with Crippen LogP contribution in [0.5, 0.6) is 0 Å². The third kappa shape index (κ3) is 4.98. The predicted octanol–water partition coefficient (Wildman–Crippen LogP) is 3.05. The number of guanidine groups is 1. The van der Waals surface area contributed by atoms with Gasteiger partial charge in [0.15, 0.2) is 5.96 Å². The van der Waals surface area contributed by atoms with Gasteiger partial charge in [-0.05, 0) is 43.2 Å². The molecule has 0 atom stereocenters. The maximum absolute atomic E-state index is 10.9. The van der Waals surface area contributed by atoms with Gasteiger partial charge in [0.2, 0.25) is 0 Å². The number of nitrogens with one attached hydrogen (secondary N) is 2. The fourth-order valence-corrected chi connectivity index (χ4v) is 2.38. The minimum atomic E-state index is -0.415. The quantitative estimate of drug-likeness (QED) is 0.249. The number of benzene rings is 2. The second-order valence-corrected chi connectivity index (χ2v) is 5.47. The second-order valence-electron chi connectivity index (χ2n) is 5.47. The van der Waals surface area contributed by atoms with Crippen LogP contribution in [0.1, 0.15) is 11.1 Å². The van der Waals surface area contributed by atoms with Crippen LogP contribution in [-0.4, -0.2) is 24.0 Å². The zero-order valence-corrected chi connectivity index (χ0v) is 13.7. The van der Waals surface area contributed by atoms with Gasteiger partial charge in [-0.15, -0.1) is 0 Å². The third-order valence-electron chi connectivity index (χ3n) is 3.30. The lowest BCUT2D eigenvalue weighted by molar-refractivity contribution is -0.384. The molecule has 0 fully saturated rings. The highest BCUT2D eigenvalue weighted by Crippen LogP contribution is 2.22. The van der Waals surface area contributed by atoms with Crippen LogP contribution in [0.25, 0.3) is 0 Å². The topological polar surface area (TPSA) is 106 Å². The first-order chi connectivity index (χ1) is 11.5. The summed E-state index contributed by atoms with van der Waals surface area (Å²) in [6.45, 7) is 4.88. The van der Waals surface area contributed by atoms with Gasteiger partial charge in [-0.2, -0.15) is 0 Å². The second kappa shape index (κ2) is 7.96. The van der Waals surface area contributed by atoms with Gasteiger partial charge in [0.25, 0.3) is 5.69 Å². The summed E-state index contributed by atoms with van der Waals surface area (Å²) in [5.74, 6) is 0.310. The molecule has 2 aromatic rings. The molecule has 0 aliphatic rings. The molecule has 2 aromatic carbocycles. The molecule has 0 aliphatic carbocycles. The van der Waals surface area contributed by atoms with Crippen molar-refractivity contribution in [3.05, 3.63) is 63.7 Å². The molecule has 7 heteroatoms. The molecule has 0 amide bonds. The number of aryl methyl sites for hydroxylation is 2. The third-order valence-corrected chi connectivity index (χ3v) is 3.30. The summed E-state index contributed by atoms with van der Waals surface area (Å²) >= 11 is 0. The number of rotatable bonds is 6. The Labute approximate surface area is 140 Å². The van der Waals surface area contributed by atoms with Crippen molar-refractivity contribution in [2.24, 2.45) is 10.7 Å². The Balaban J connectivity index is 1.89. The number of anilines is 2. The maximum Gasteiger partial charge on any atom is 0.292 e. The number of aliphatic imine (C=N–C) groups is 1. The Hall–Kier alpha value is -3.09. The number of nitrogens with zero attached hydrogens (tertiary/aromatic N) is 2. The van der Waals surface area contributed by atoms with E-state index >= 15 is 0 Å². The Morgan fingerprint density at radius 3 is 2.54 bits per heavy atom. The van der Waals surface area contributed by atoms with Crippen molar-refractivity contribution in [2.75, 3.05) is 23.7 Å². The molecule has 0 unspecified atom stereocenters. The molecule has 0 bridgehead atoms.